The highest BCUT2D eigenvalue weighted by Crippen LogP contribution is 2.41. The standard InChI is InChI=1S/C13H13F3N2O2S/c1-2-20-11(19)5-9-3-8(6-17)4-10(7-18)12(9)21-13(14,15)16/h3-4H,2,5,7,18H2,1H3. The minimum absolute atomic E-state index is 0.0928. The van der Waals surface area contributed by atoms with Crippen LogP contribution in [0.1, 0.15) is 23.6 Å². The highest BCUT2D eigenvalue weighted by Gasteiger charge is 2.32. The largest absolute Gasteiger partial charge is 0.466 e. The molecule has 0 unspecified atom stereocenters. The summed E-state index contributed by atoms with van der Waals surface area (Å²) in [6, 6.07) is 4.39. The summed E-state index contributed by atoms with van der Waals surface area (Å²) in [6.45, 7) is 1.56. The maximum atomic E-state index is 12.6. The monoisotopic (exact) mass is 318 g/mol. The van der Waals surface area contributed by atoms with Gasteiger partial charge in [-0.15, -0.1) is 0 Å². The van der Waals surface area contributed by atoms with E-state index in [0.717, 1.165) is 0 Å². The van der Waals surface area contributed by atoms with Crippen molar-refractivity contribution in [3.63, 3.8) is 0 Å². The number of benzene rings is 1. The Hall–Kier alpha value is -1.72. The molecule has 2 N–H and O–H groups in total. The first-order chi connectivity index (χ1) is 9.80. The second-order valence-corrected chi connectivity index (χ2v) is 5.04. The SMILES string of the molecule is CCOC(=O)Cc1cc(C#N)cc(CN)c1SC(F)(F)F. The predicted molar refractivity (Wildman–Crippen MR) is 71.3 cm³/mol. The lowest BCUT2D eigenvalue weighted by Gasteiger charge is -2.15. The number of hydrogen-bond donors (Lipinski definition) is 1. The Balaban J connectivity index is 3.28. The number of nitrogens with two attached hydrogens (primary N) is 1. The van der Waals surface area contributed by atoms with Crippen molar-refractivity contribution < 1.29 is 22.7 Å². The van der Waals surface area contributed by atoms with Crippen molar-refractivity contribution in [3.8, 4) is 6.07 Å². The second kappa shape index (κ2) is 7.33. The van der Waals surface area contributed by atoms with E-state index in [-0.39, 0.29) is 52.9 Å². The van der Waals surface area contributed by atoms with Gasteiger partial charge in [-0.3, -0.25) is 4.79 Å². The van der Waals surface area contributed by atoms with Crippen molar-refractivity contribution >= 4 is 17.7 Å². The van der Waals surface area contributed by atoms with Crippen molar-refractivity contribution in [2.75, 3.05) is 6.61 Å². The molecule has 0 spiro atoms. The van der Waals surface area contributed by atoms with Crippen LogP contribution in [0.5, 0.6) is 0 Å². The first-order valence-corrected chi connectivity index (χ1v) is 6.79. The molecule has 0 aliphatic rings. The molecule has 4 nitrogen and oxygen atoms in total. The fourth-order valence-electron chi connectivity index (χ4n) is 1.72. The molecule has 1 aromatic rings. The molecule has 8 heteroatoms. The highest BCUT2D eigenvalue weighted by atomic mass is 32.2. The van der Waals surface area contributed by atoms with Crippen molar-refractivity contribution in [1.29, 1.82) is 5.26 Å². The summed E-state index contributed by atoms with van der Waals surface area (Å²) in [5.74, 6) is -0.653. The number of thioether (sulfide) groups is 1. The summed E-state index contributed by atoms with van der Waals surface area (Å²) < 4.78 is 42.7. The van der Waals surface area contributed by atoms with Gasteiger partial charge in [-0.2, -0.15) is 18.4 Å². The highest BCUT2D eigenvalue weighted by molar-refractivity contribution is 8.00. The second-order valence-electron chi connectivity index (χ2n) is 3.97. The number of ether oxygens (including phenoxy) is 1. The molecule has 0 bridgehead atoms. The van der Waals surface area contributed by atoms with E-state index in [1.54, 1.807) is 6.92 Å². The molecular formula is C13H13F3N2O2S. The van der Waals surface area contributed by atoms with E-state index in [2.05, 4.69) is 0 Å². The van der Waals surface area contributed by atoms with Crippen molar-refractivity contribution in [2.45, 2.75) is 30.3 Å². The van der Waals surface area contributed by atoms with Crippen LogP contribution in [0.4, 0.5) is 13.2 Å². The van der Waals surface area contributed by atoms with Crippen molar-refractivity contribution in [2.24, 2.45) is 5.73 Å². The zero-order chi connectivity index (χ0) is 16.0. The Morgan fingerprint density at radius 2 is 2.05 bits per heavy atom. The van der Waals surface area contributed by atoms with Crippen molar-refractivity contribution in [3.05, 3.63) is 28.8 Å². The van der Waals surface area contributed by atoms with Gasteiger partial charge >= 0.3 is 11.5 Å². The third-order valence-electron chi connectivity index (χ3n) is 2.45. The van der Waals surface area contributed by atoms with E-state index < -0.39 is 11.5 Å². The van der Waals surface area contributed by atoms with Crippen LogP contribution < -0.4 is 5.73 Å². The molecule has 0 fully saturated rings. The summed E-state index contributed by atoms with van der Waals surface area (Å²) in [4.78, 5) is 11.4. The lowest BCUT2D eigenvalue weighted by atomic mass is 10.0. The fraction of sp³-hybridized carbons (Fsp3) is 0.385. The van der Waals surface area contributed by atoms with Crippen molar-refractivity contribution in [1.82, 2.24) is 0 Å². The fourth-order valence-corrected chi connectivity index (χ4v) is 2.48. The number of nitrogens with zero attached hydrogens (tertiary/aromatic N) is 1. The molecule has 1 aromatic carbocycles. The van der Waals surface area contributed by atoms with Gasteiger partial charge in [0.05, 0.1) is 24.7 Å². The van der Waals surface area contributed by atoms with E-state index in [4.69, 9.17) is 15.7 Å². The molecule has 0 aromatic heterocycles. The first kappa shape index (κ1) is 17.3. The molecule has 21 heavy (non-hydrogen) atoms. The molecule has 0 atom stereocenters. The molecule has 0 amide bonds. The summed E-state index contributed by atoms with van der Waals surface area (Å²) >= 11 is -0.339. The zero-order valence-corrected chi connectivity index (χ0v) is 12.0. The van der Waals surface area contributed by atoms with Gasteiger partial charge in [0.2, 0.25) is 0 Å². The average Bonchev–Trinajstić information content (AvgIpc) is 2.39. The van der Waals surface area contributed by atoms with Gasteiger partial charge in [0.15, 0.2) is 0 Å². The van der Waals surface area contributed by atoms with Gasteiger partial charge in [-0.25, -0.2) is 0 Å². The Kier molecular flexibility index (Phi) is 6.05. The first-order valence-electron chi connectivity index (χ1n) is 5.98. The summed E-state index contributed by atoms with van der Waals surface area (Å²) in [5.41, 5.74) is 1.36. The van der Waals surface area contributed by atoms with Crippen LogP contribution in [0.25, 0.3) is 0 Å². The number of hydrogen-bond acceptors (Lipinski definition) is 5. The summed E-state index contributed by atoms with van der Waals surface area (Å²) in [7, 11) is 0. The Labute approximate surface area is 124 Å². The van der Waals surface area contributed by atoms with E-state index in [1.807, 2.05) is 6.07 Å². The maximum absolute atomic E-state index is 12.6. The number of carbonyl (C=O) groups excluding carboxylic acids is 1. The van der Waals surface area contributed by atoms with Crippen LogP contribution in [0, 0.1) is 11.3 Å². The maximum Gasteiger partial charge on any atom is 0.446 e. The molecule has 0 aliphatic carbocycles. The van der Waals surface area contributed by atoms with E-state index >= 15 is 0 Å². The summed E-state index contributed by atoms with van der Waals surface area (Å²) in [6.07, 6.45) is -0.339. The zero-order valence-electron chi connectivity index (χ0n) is 11.2. The smallest absolute Gasteiger partial charge is 0.446 e. The molecule has 0 saturated carbocycles. The number of nitriles is 1. The number of carbonyl (C=O) groups is 1. The lowest BCUT2D eigenvalue weighted by molar-refractivity contribution is -0.142. The van der Waals surface area contributed by atoms with E-state index in [9.17, 15) is 18.0 Å². The van der Waals surface area contributed by atoms with Crippen LogP contribution in [-0.2, 0) is 22.5 Å². The molecule has 0 heterocycles. The lowest BCUT2D eigenvalue weighted by Crippen LogP contribution is -2.12. The molecule has 0 saturated heterocycles. The molecular weight excluding hydrogens is 305 g/mol. The number of esters is 1. The summed E-state index contributed by atoms with van der Waals surface area (Å²) in [5, 5.41) is 8.91. The third kappa shape index (κ3) is 5.28. The minimum atomic E-state index is -4.51. The average molecular weight is 318 g/mol. The van der Waals surface area contributed by atoms with Gasteiger partial charge in [0.25, 0.3) is 0 Å². The molecule has 0 aliphatic heterocycles. The van der Waals surface area contributed by atoms with E-state index in [1.165, 1.54) is 12.1 Å². The van der Waals surface area contributed by atoms with Crippen LogP contribution in [0.2, 0.25) is 0 Å². The number of rotatable bonds is 5. The van der Waals surface area contributed by atoms with Crippen LogP contribution in [-0.4, -0.2) is 18.1 Å². The van der Waals surface area contributed by atoms with Crippen LogP contribution in [0.15, 0.2) is 17.0 Å². The predicted octanol–water partition coefficient (Wildman–Crippen LogP) is 2.73. The molecule has 114 valence electrons. The van der Waals surface area contributed by atoms with Gasteiger partial charge in [0.1, 0.15) is 0 Å². The van der Waals surface area contributed by atoms with Crippen LogP contribution in [0.3, 0.4) is 0 Å². The molecule has 0 radical (unpaired) electrons. The molecule has 1 rings (SSSR count). The minimum Gasteiger partial charge on any atom is -0.466 e. The number of halogens is 3. The Morgan fingerprint density at radius 1 is 1.43 bits per heavy atom. The Morgan fingerprint density at radius 3 is 2.52 bits per heavy atom. The topological polar surface area (TPSA) is 76.1 Å². The Bertz CT molecular complexity index is 568. The van der Waals surface area contributed by atoms with E-state index in [0.29, 0.717) is 0 Å². The normalized spacial score (nSPS) is 11.0. The quantitative estimate of drug-likeness (QED) is 0.667. The van der Waals surface area contributed by atoms with Gasteiger partial charge < -0.3 is 10.5 Å². The van der Waals surface area contributed by atoms with Crippen LogP contribution >= 0.6 is 11.8 Å². The van der Waals surface area contributed by atoms with Gasteiger partial charge in [-0.1, -0.05) is 0 Å². The number of alkyl halides is 3. The third-order valence-corrected chi connectivity index (χ3v) is 3.41. The van der Waals surface area contributed by atoms with Gasteiger partial charge in [-0.05, 0) is 41.9 Å². The van der Waals surface area contributed by atoms with Gasteiger partial charge in [0, 0.05) is 11.4 Å².